The first-order valence-corrected chi connectivity index (χ1v) is 8.24. The van der Waals surface area contributed by atoms with E-state index in [4.69, 9.17) is 0 Å². The zero-order chi connectivity index (χ0) is 15.4. The number of hydrogen-bond acceptors (Lipinski definition) is 4. The normalized spacial score (nSPS) is 16.9. The molecular weight excluding hydrogens is 334 g/mol. The largest absolute Gasteiger partial charge is 0.381 e. The van der Waals surface area contributed by atoms with Crippen molar-refractivity contribution in [1.82, 2.24) is 4.90 Å². The first kappa shape index (κ1) is 16.2. The fourth-order valence-electron chi connectivity index (χ4n) is 2.81. The summed E-state index contributed by atoms with van der Waals surface area (Å²) in [6.07, 6.45) is 3.34. The van der Waals surface area contributed by atoms with Crippen LogP contribution in [0.15, 0.2) is 16.6 Å². The molecule has 0 unspecified atom stereocenters. The van der Waals surface area contributed by atoms with Crippen molar-refractivity contribution >= 4 is 27.3 Å². The number of nitrogens with one attached hydrogen (secondary N) is 1. The molecule has 0 atom stereocenters. The summed E-state index contributed by atoms with van der Waals surface area (Å²) in [6, 6.07) is 3.83. The SMILES string of the molecule is CCCN1CCC(Nc2cc([N+](=O)[O-])c(C)cc2Br)CC1. The van der Waals surface area contributed by atoms with Gasteiger partial charge >= 0.3 is 0 Å². The molecule has 1 heterocycles. The lowest BCUT2D eigenvalue weighted by atomic mass is 10.0. The Balaban J connectivity index is 2.03. The van der Waals surface area contributed by atoms with Gasteiger partial charge in [0.2, 0.25) is 0 Å². The summed E-state index contributed by atoms with van der Waals surface area (Å²) in [5.41, 5.74) is 1.67. The van der Waals surface area contributed by atoms with Gasteiger partial charge in [-0.05, 0) is 54.7 Å². The highest BCUT2D eigenvalue weighted by atomic mass is 79.9. The van der Waals surface area contributed by atoms with Crippen LogP contribution in [-0.2, 0) is 0 Å². The van der Waals surface area contributed by atoms with Crippen LogP contribution in [0.25, 0.3) is 0 Å². The van der Waals surface area contributed by atoms with Gasteiger partial charge in [0, 0.05) is 35.2 Å². The number of benzene rings is 1. The van der Waals surface area contributed by atoms with Crippen LogP contribution in [0, 0.1) is 17.0 Å². The van der Waals surface area contributed by atoms with Crippen molar-refractivity contribution in [3.05, 3.63) is 32.3 Å². The van der Waals surface area contributed by atoms with Gasteiger partial charge in [0.25, 0.3) is 5.69 Å². The van der Waals surface area contributed by atoms with Crippen LogP contribution in [0.4, 0.5) is 11.4 Å². The molecule has 0 amide bonds. The molecule has 116 valence electrons. The summed E-state index contributed by atoms with van der Waals surface area (Å²) in [5.74, 6) is 0. The minimum Gasteiger partial charge on any atom is -0.381 e. The van der Waals surface area contributed by atoms with E-state index in [1.807, 2.05) is 6.07 Å². The third-order valence-corrected chi connectivity index (χ3v) is 4.63. The number of rotatable bonds is 5. The topological polar surface area (TPSA) is 58.4 Å². The zero-order valence-corrected chi connectivity index (χ0v) is 14.1. The predicted octanol–water partition coefficient (Wildman–Crippen LogP) is 3.95. The summed E-state index contributed by atoms with van der Waals surface area (Å²) in [5, 5.41) is 14.5. The van der Waals surface area contributed by atoms with Crippen LogP contribution in [0.3, 0.4) is 0 Å². The summed E-state index contributed by atoms with van der Waals surface area (Å²) in [6.45, 7) is 7.31. The highest BCUT2D eigenvalue weighted by molar-refractivity contribution is 9.10. The molecule has 1 aromatic rings. The number of hydrogen-bond donors (Lipinski definition) is 1. The Bertz CT molecular complexity index is 514. The van der Waals surface area contributed by atoms with Crippen molar-refractivity contribution in [2.75, 3.05) is 25.0 Å². The summed E-state index contributed by atoms with van der Waals surface area (Å²) >= 11 is 3.50. The molecule has 0 bridgehead atoms. The first-order chi connectivity index (χ1) is 10.0. The highest BCUT2D eigenvalue weighted by Gasteiger charge is 2.21. The molecule has 5 nitrogen and oxygen atoms in total. The van der Waals surface area contributed by atoms with E-state index in [0.29, 0.717) is 11.6 Å². The van der Waals surface area contributed by atoms with E-state index in [1.165, 1.54) is 6.42 Å². The van der Waals surface area contributed by atoms with Crippen molar-refractivity contribution in [2.24, 2.45) is 0 Å². The number of halogens is 1. The molecule has 1 aromatic carbocycles. The first-order valence-electron chi connectivity index (χ1n) is 7.44. The Kier molecular flexibility index (Phi) is 5.58. The fraction of sp³-hybridized carbons (Fsp3) is 0.600. The average molecular weight is 356 g/mol. The van der Waals surface area contributed by atoms with E-state index in [0.717, 1.165) is 42.6 Å². The Morgan fingerprint density at radius 2 is 2.10 bits per heavy atom. The molecule has 1 saturated heterocycles. The van der Waals surface area contributed by atoms with Gasteiger partial charge in [-0.1, -0.05) is 6.92 Å². The second-order valence-electron chi connectivity index (χ2n) is 5.64. The molecule has 1 fully saturated rings. The van der Waals surface area contributed by atoms with Gasteiger partial charge in [-0.3, -0.25) is 10.1 Å². The monoisotopic (exact) mass is 355 g/mol. The van der Waals surface area contributed by atoms with Crippen molar-refractivity contribution in [2.45, 2.75) is 39.2 Å². The standard InChI is InChI=1S/C15H22BrN3O2/c1-3-6-18-7-4-12(5-8-18)17-14-10-15(19(20)21)11(2)9-13(14)16/h9-10,12,17H,3-8H2,1-2H3. The minimum absolute atomic E-state index is 0.170. The number of aryl methyl sites for hydroxylation is 1. The molecule has 21 heavy (non-hydrogen) atoms. The van der Waals surface area contributed by atoms with E-state index in [2.05, 4.69) is 33.1 Å². The van der Waals surface area contributed by atoms with Crippen molar-refractivity contribution in [3.63, 3.8) is 0 Å². The maximum absolute atomic E-state index is 11.0. The van der Waals surface area contributed by atoms with Crippen molar-refractivity contribution in [1.29, 1.82) is 0 Å². The number of nitro groups is 1. The molecule has 1 N–H and O–H groups in total. The Morgan fingerprint density at radius 3 is 2.67 bits per heavy atom. The number of nitrogens with zero attached hydrogens (tertiary/aromatic N) is 2. The molecule has 1 aliphatic rings. The molecule has 0 radical (unpaired) electrons. The molecule has 0 spiro atoms. The van der Waals surface area contributed by atoms with Crippen LogP contribution in [0.5, 0.6) is 0 Å². The number of likely N-dealkylation sites (tertiary alicyclic amines) is 1. The molecule has 0 saturated carbocycles. The van der Waals surface area contributed by atoms with Gasteiger partial charge < -0.3 is 10.2 Å². The van der Waals surface area contributed by atoms with E-state index >= 15 is 0 Å². The predicted molar refractivity (Wildman–Crippen MR) is 88.9 cm³/mol. The fourth-order valence-corrected chi connectivity index (χ4v) is 3.38. The molecule has 6 heteroatoms. The number of anilines is 1. The van der Waals surface area contributed by atoms with Crippen molar-refractivity contribution < 1.29 is 4.92 Å². The third kappa shape index (κ3) is 4.17. The maximum atomic E-state index is 11.0. The lowest BCUT2D eigenvalue weighted by Gasteiger charge is -2.32. The second kappa shape index (κ2) is 7.22. The van der Waals surface area contributed by atoms with Crippen LogP contribution in [-0.4, -0.2) is 35.5 Å². The van der Waals surface area contributed by atoms with Gasteiger partial charge in [0.15, 0.2) is 0 Å². The number of piperidine rings is 1. The van der Waals surface area contributed by atoms with Gasteiger partial charge in [0.05, 0.1) is 10.6 Å². The van der Waals surface area contributed by atoms with Gasteiger partial charge in [-0.25, -0.2) is 0 Å². The van der Waals surface area contributed by atoms with Gasteiger partial charge in [0.1, 0.15) is 0 Å². The lowest BCUT2D eigenvalue weighted by Crippen LogP contribution is -2.39. The lowest BCUT2D eigenvalue weighted by molar-refractivity contribution is -0.385. The van der Waals surface area contributed by atoms with Gasteiger partial charge in [-0.2, -0.15) is 0 Å². The quantitative estimate of drug-likeness (QED) is 0.641. The van der Waals surface area contributed by atoms with Crippen molar-refractivity contribution in [3.8, 4) is 0 Å². The summed E-state index contributed by atoms with van der Waals surface area (Å²) < 4.78 is 0.890. The highest BCUT2D eigenvalue weighted by Crippen LogP contribution is 2.32. The smallest absolute Gasteiger partial charge is 0.274 e. The molecule has 1 aliphatic heterocycles. The Morgan fingerprint density at radius 1 is 1.43 bits per heavy atom. The molecule has 0 aromatic heterocycles. The van der Waals surface area contributed by atoms with Crippen LogP contribution in [0.1, 0.15) is 31.7 Å². The molecule has 0 aliphatic carbocycles. The Labute approximate surface area is 134 Å². The maximum Gasteiger partial charge on any atom is 0.274 e. The van der Waals surface area contributed by atoms with E-state index in [-0.39, 0.29) is 10.6 Å². The second-order valence-corrected chi connectivity index (χ2v) is 6.49. The van der Waals surface area contributed by atoms with Gasteiger partial charge in [-0.15, -0.1) is 0 Å². The Hall–Kier alpha value is -1.14. The van der Waals surface area contributed by atoms with E-state index in [9.17, 15) is 10.1 Å². The number of nitro benzene ring substituents is 1. The third-order valence-electron chi connectivity index (χ3n) is 3.97. The van der Waals surface area contributed by atoms with E-state index in [1.54, 1.807) is 13.0 Å². The van der Waals surface area contributed by atoms with Crippen LogP contribution in [0.2, 0.25) is 0 Å². The minimum atomic E-state index is -0.323. The van der Waals surface area contributed by atoms with Crippen LogP contribution < -0.4 is 5.32 Å². The molecule has 2 rings (SSSR count). The summed E-state index contributed by atoms with van der Waals surface area (Å²) in [4.78, 5) is 13.2. The van der Waals surface area contributed by atoms with E-state index < -0.39 is 0 Å². The zero-order valence-electron chi connectivity index (χ0n) is 12.6. The van der Waals surface area contributed by atoms with Crippen LogP contribution >= 0.6 is 15.9 Å². The molecular formula is C15H22BrN3O2. The average Bonchev–Trinajstić information content (AvgIpc) is 2.43. The summed E-state index contributed by atoms with van der Waals surface area (Å²) in [7, 11) is 0.